The summed E-state index contributed by atoms with van der Waals surface area (Å²) in [5, 5.41) is 4.01. The Balaban J connectivity index is 2.89. The molecule has 0 aliphatic heterocycles. The molecule has 0 unspecified atom stereocenters. The van der Waals surface area contributed by atoms with Crippen molar-refractivity contribution in [2.75, 3.05) is 18.1 Å². The van der Waals surface area contributed by atoms with Crippen molar-refractivity contribution in [3.05, 3.63) is 10.7 Å². The second-order valence-electron chi connectivity index (χ2n) is 2.08. The van der Waals surface area contributed by atoms with Gasteiger partial charge in [0, 0.05) is 12.7 Å². The van der Waals surface area contributed by atoms with Gasteiger partial charge in [-0.2, -0.15) is 0 Å². The van der Waals surface area contributed by atoms with Crippen LogP contribution in [0.25, 0.3) is 0 Å². The Hall–Kier alpha value is -0.290. The SMILES string of the molecule is CCNc1ncc(Br)c(SC)n1. The fourth-order valence-corrected chi connectivity index (χ4v) is 1.84. The number of halogens is 1. The zero-order valence-corrected chi connectivity index (χ0v) is 9.37. The van der Waals surface area contributed by atoms with Crippen molar-refractivity contribution >= 4 is 33.6 Å². The molecule has 0 aromatic carbocycles. The van der Waals surface area contributed by atoms with Crippen molar-refractivity contribution in [2.45, 2.75) is 11.9 Å². The number of anilines is 1. The van der Waals surface area contributed by atoms with Gasteiger partial charge in [-0.25, -0.2) is 9.97 Å². The standard InChI is InChI=1S/C7H10BrN3S/c1-3-9-7-10-4-5(8)6(11-7)12-2/h4H,3H2,1-2H3,(H,9,10,11). The highest BCUT2D eigenvalue weighted by atomic mass is 79.9. The molecule has 12 heavy (non-hydrogen) atoms. The highest BCUT2D eigenvalue weighted by Crippen LogP contribution is 2.23. The second kappa shape index (κ2) is 4.67. The van der Waals surface area contributed by atoms with Gasteiger partial charge in [-0.3, -0.25) is 0 Å². The highest BCUT2D eigenvalue weighted by molar-refractivity contribution is 9.10. The first-order valence-electron chi connectivity index (χ1n) is 3.58. The van der Waals surface area contributed by atoms with Crippen LogP contribution >= 0.6 is 27.7 Å². The molecule has 1 rings (SSSR count). The first-order chi connectivity index (χ1) is 5.77. The van der Waals surface area contributed by atoms with E-state index in [9.17, 15) is 0 Å². The molecule has 0 fully saturated rings. The normalized spacial score (nSPS) is 9.92. The second-order valence-corrected chi connectivity index (χ2v) is 3.73. The number of nitrogens with zero attached hydrogens (tertiary/aromatic N) is 2. The number of aromatic nitrogens is 2. The van der Waals surface area contributed by atoms with Gasteiger partial charge in [-0.1, -0.05) is 0 Å². The van der Waals surface area contributed by atoms with Crippen LogP contribution in [0.3, 0.4) is 0 Å². The maximum atomic E-state index is 4.27. The number of hydrogen-bond donors (Lipinski definition) is 1. The van der Waals surface area contributed by atoms with Crippen LogP contribution in [0.2, 0.25) is 0 Å². The van der Waals surface area contributed by atoms with Gasteiger partial charge in [0.25, 0.3) is 0 Å². The third-order valence-corrected chi connectivity index (χ3v) is 2.78. The van der Waals surface area contributed by atoms with Crippen molar-refractivity contribution in [2.24, 2.45) is 0 Å². The first-order valence-corrected chi connectivity index (χ1v) is 5.60. The lowest BCUT2D eigenvalue weighted by Gasteiger charge is -2.03. The monoisotopic (exact) mass is 247 g/mol. The molecule has 1 N–H and O–H groups in total. The van der Waals surface area contributed by atoms with E-state index in [-0.39, 0.29) is 0 Å². The van der Waals surface area contributed by atoms with Crippen LogP contribution in [0, 0.1) is 0 Å². The van der Waals surface area contributed by atoms with E-state index >= 15 is 0 Å². The molecule has 0 aliphatic carbocycles. The highest BCUT2D eigenvalue weighted by Gasteiger charge is 2.01. The Labute approximate surface area is 84.5 Å². The minimum absolute atomic E-state index is 0.685. The van der Waals surface area contributed by atoms with E-state index in [2.05, 4.69) is 31.2 Å². The van der Waals surface area contributed by atoms with E-state index in [0.29, 0.717) is 5.95 Å². The van der Waals surface area contributed by atoms with Crippen LogP contribution in [-0.2, 0) is 0 Å². The molecular weight excluding hydrogens is 238 g/mol. The molecule has 0 saturated carbocycles. The Morgan fingerprint density at radius 1 is 1.67 bits per heavy atom. The maximum absolute atomic E-state index is 4.27. The van der Waals surface area contributed by atoms with Crippen LogP contribution in [0.1, 0.15) is 6.92 Å². The van der Waals surface area contributed by atoms with Gasteiger partial charge in [0.15, 0.2) is 0 Å². The van der Waals surface area contributed by atoms with Crippen molar-refractivity contribution < 1.29 is 0 Å². The Morgan fingerprint density at radius 2 is 2.42 bits per heavy atom. The van der Waals surface area contributed by atoms with Gasteiger partial charge >= 0.3 is 0 Å². The van der Waals surface area contributed by atoms with E-state index in [1.807, 2.05) is 13.2 Å². The number of hydrogen-bond acceptors (Lipinski definition) is 4. The molecule has 0 radical (unpaired) electrons. The molecule has 66 valence electrons. The number of rotatable bonds is 3. The van der Waals surface area contributed by atoms with Crippen molar-refractivity contribution in [3.8, 4) is 0 Å². The molecule has 5 heteroatoms. The first kappa shape index (κ1) is 9.80. The summed E-state index contributed by atoms with van der Waals surface area (Å²) in [6.45, 7) is 2.86. The molecule has 1 heterocycles. The summed E-state index contributed by atoms with van der Waals surface area (Å²) in [5.74, 6) is 0.685. The number of nitrogens with one attached hydrogen (secondary N) is 1. The summed E-state index contributed by atoms with van der Waals surface area (Å²) in [5.41, 5.74) is 0. The van der Waals surface area contributed by atoms with Crippen LogP contribution < -0.4 is 5.32 Å². The molecule has 1 aromatic heterocycles. The molecule has 3 nitrogen and oxygen atoms in total. The van der Waals surface area contributed by atoms with Crippen molar-refractivity contribution in [3.63, 3.8) is 0 Å². The van der Waals surface area contributed by atoms with Gasteiger partial charge in [0.2, 0.25) is 5.95 Å². The van der Waals surface area contributed by atoms with E-state index in [4.69, 9.17) is 0 Å². The third-order valence-electron chi connectivity index (χ3n) is 1.24. The minimum Gasteiger partial charge on any atom is -0.354 e. The average Bonchev–Trinajstić information content (AvgIpc) is 2.09. The van der Waals surface area contributed by atoms with E-state index in [1.54, 1.807) is 18.0 Å². The molecule has 0 saturated heterocycles. The van der Waals surface area contributed by atoms with E-state index in [1.165, 1.54) is 0 Å². The zero-order chi connectivity index (χ0) is 8.97. The Kier molecular flexibility index (Phi) is 3.81. The van der Waals surface area contributed by atoms with Gasteiger partial charge in [0.05, 0.1) is 4.47 Å². The molecule has 0 spiro atoms. The number of thioether (sulfide) groups is 1. The molecular formula is C7H10BrN3S. The van der Waals surface area contributed by atoms with Gasteiger partial charge < -0.3 is 5.32 Å². The van der Waals surface area contributed by atoms with Gasteiger partial charge in [-0.05, 0) is 29.1 Å². The van der Waals surface area contributed by atoms with Gasteiger partial charge in [0.1, 0.15) is 5.03 Å². The average molecular weight is 248 g/mol. The van der Waals surface area contributed by atoms with Crippen molar-refractivity contribution in [1.29, 1.82) is 0 Å². The van der Waals surface area contributed by atoms with Crippen LogP contribution in [0.4, 0.5) is 5.95 Å². The predicted molar refractivity (Wildman–Crippen MR) is 55.7 cm³/mol. The Bertz CT molecular complexity index is 267. The summed E-state index contributed by atoms with van der Waals surface area (Å²) in [6, 6.07) is 0. The molecule has 0 amide bonds. The Morgan fingerprint density at radius 3 is 3.00 bits per heavy atom. The van der Waals surface area contributed by atoms with E-state index in [0.717, 1.165) is 16.0 Å². The van der Waals surface area contributed by atoms with Gasteiger partial charge in [-0.15, -0.1) is 11.8 Å². The van der Waals surface area contributed by atoms with Crippen LogP contribution in [-0.4, -0.2) is 22.8 Å². The van der Waals surface area contributed by atoms with E-state index < -0.39 is 0 Å². The summed E-state index contributed by atoms with van der Waals surface area (Å²) in [4.78, 5) is 8.37. The maximum Gasteiger partial charge on any atom is 0.223 e. The predicted octanol–water partition coefficient (Wildman–Crippen LogP) is 2.39. The lowest BCUT2D eigenvalue weighted by atomic mass is 10.6. The van der Waals surface area contributed by atoms with Crippen LogP contribution in [0.15, 0.2) is 15.7 Å². The smallest absolute Gasteiger partial charge is 0.223 e. The summed E-state index contributed by atoms with van der Waals surface area (Å²) >= 11 is 4.97. The fourth-order valence-electron chi connectivity index (χ4n) is 0.738. The zero-order valence-electron chi connectivity index (χ0n) is 6.97. The molecule has 0 bridgehead atoms. The minimum atomic E-state index is 0.685. The third kappa shape index (κ3) is 2.35. The lowest BCUT2D eigenvalue weighted by molar-refractivity contribution is 1.00. The fraction of sp³-hybridized carbons (Fsp3) is 0.429. The summed E-state index contributed by atoms with van der Waals surface area (Å²) in [6.07, 6.45) is 3.75. The van der Waals surface area contributed by atoms with Crippen molar-refractivity contribution in [1.82, 2.24) is 9.97 Å². The lowest BCUT2D eigenvalue weighted by Crippen LogP contribution is -2.02. The van der Waals surface area contributed by atoms with Crippen LogP contribution in [0.5, 0.6) is 0 Å². The quantitative estimate of drug-likeness (QED) is 0.658. The topological polar surface area (TPSA) is 37.8 Å². The summed E-state index contributed by atoms with van der Waals surface area (Å²) < 4.78 is 0.941. The molecule has 0 aliphatic rings. The largest absolute Gasteiger partial charge is 0.354 e. The molecule has 1 aromatic rings. The summed E-state index contributed by atoms with van der Waals surface area (Å²) in [7, 11) is 0. The molecule has 0 atom stereocenters.